The monoisotopic (exact) mass is 1450 g/mol. The number of methoxy groups -OCH3 is 2. The summed E-state index contributed by atoms with van der Waals surface area (Å²) in [5, 5.41) is 19.0. The number of nitrogens with one attached hydrogen (secondary N) is 7. The molecule has 0 aromatic heterocycles. The SMILES string of the molecule is CC[C@H](C)[C@@H]([C@@H](CC(=O)N1CCC[C@H]1[C@H](OC)[C@@H](C)C(=O)N[C@@H](Cc1ccccc1)C(=O)NCCOCCOCCNC(=O)NCC1CC[N-]CC1)OC)N(C)C(=O)[C@@H](NC(=O)[C@H](C(C)C)N(C)C)C(C)C.[I][Pt].[NH-]C[C@@H]1CC[C@H]1C[NH-]. The van der Waals surface area contributed by atoms with Crippen molar-refractivity contribution in [1.82, 2.24) is 41.3 Å². The first kappa shape index (κ1) is 75.0. The average molecular weight is 1450 g/mol. The molecule has 3 aliphatic rings. The first-order valence-electron chi connectivity index (χ1n) is 29.7. The first-order valence-corrected chi connectivity index (χ1v) is 36.1. The second-order valence-corrected chi connectivity index (χ2v) is 23.0. The summed E-state index contributed by atoms with van der Waals surface area (Å²) >= 11 is 4.23. The molecule has 7 N–H and O–H groups in total. The molecule has 23 heteroatoms. The molecular formula is C59H104IN11O10Pt-3. The van der Waals surface area contributed by atoms with Gasteiger partial charge >= 0.3 is 41.5 Å². The van der Waals surface area contributed by atoms with Gasteiger partial charge in [-0.05, 0) is 56.2 Å². The molecule has 82 heavy (non-hydrogen) atoms. The maximum absolute atomic E-state index is 14.5. The van der Waals surface area contributed by atoms with E-state index in [0.29, 0.717) is 89.6 Å². The van der Waals surface area contributed by atoms with Crippen molar-refractivity contribution in [2.24, 2.45) is 41.4 Å². The number of likely N-dealkylation sites (N-methyl/N-ethyl adjacent to an activating group) is 2. The maximum Gasteiger partial charge on any atom is -0.0517 e. The van der Waals surface area contributed by atoms with Crippen molar-refractivity contribution in [2.45, 2.75) is 149 Å². The number of halogens is 1. The van der Waals surface area contributed by atoms with Crippen molar-refractivity contribution in [3.05, 3.63) is 52.7 Å². The minimum Gasteiger partial charge on any atom is -0.677 e. The summed E-state index contributed by atoms with van der Waals surface area (Å²) in [4.78, 5) is 87.6. The number of urea groups is 1. The van der Waals surface area contributed by atoms with Gasteiger partial charge in [0, 0.05) is 53.9 Å². The Labute approximate surface area is 513 Å². The van der Waals surface area contributed by atoms with Crippen molar-refractivity contribution in [2.75, 3.05) is 114 Å². The van der Waals surface area contributed by atoms with E-state index >= 15 is 0 Å². The van der Waals surface area contributed by atoms with Crippen LogP contribution < -0.4 is 26.6 Å². The number of carbonyl (C=O) groups is 6. The molecular weight excluding hydrogens is 1340 g/mol. The molecule has 0 bridgehead atoms. The number of piperidine rings is 1. The molecule has 21 nitrogen and oxygen atoms in total. The minimum absolute atomic E-state index is 0.0166. The van der Waals surface area contributed by atoms with Gasteiger partial charge in [0.15, 0.2) is 0 Å². The summed E-state index contributed by atoms with van der Waals surface area (Å²) in [6, 6.07) is 6.20. The van der Waals surface area contributed by atoms with Gasteiger partial charge in [0.1, 0.15) is 12.1 Å². The Kier molecular flexibility index (Phi) is 38.3. The van der Waals surface area contributed by atoms with Gasteiger partial charge < -0.3 is 72.1 Å². The van der Waals surface area contributed by atoms with Crippen LogP contribution in [0.1, 0.15) is 105 Å². The zero-order valence-electron chi connectivity index (χ0n) is 51.4. The zero-order valence-corrected chi connectivity index (χ0v) is 55.8. The van der Waals surface area contributed by atoms with Crippen molar-refractivity contribution < 1.29 is 63.8 Å². The Bertz CT molecular complexity index is 1960. The summed E-state index contributed by atoms with van der Waals surface area (Å²) in [6.07, 6.45) is 5.31. The Balaban J connectivity index is 0.00000208. The third-order valence-corrected chi connectivity index (χ3v) is 16.4. The van der Waals surface area contributed by atoms with Gasteiger partial charge in [-0.15, -0.1) is 26.2 Å². The van der Waals surface area contributed by atoms with E-state index in [-0.39, 0.29) is 79.3 Å². The van der Waals surface area contributed by atoms with Crippen LogP contribution in [0, 0.1) is 41.4 Å². The topological polar surface area (TPSA) is 271 Å². The van der Waals surface area contributed by atoms with Gasteiger partial charge in [0.25, 0.3) is 0 Å². The Morgan fingerprint density at radius 3 is 1.87 bits per heavy atom. The second-order valence-electron chi connectivity index (χ2n) is 23.0. The predicted molar refractivity (Wildman–Crippen MR) is 328 cm³/mol. The molecule has 4 rings (SSSR count). The summed E-state index contributed by atoms with van der Waals surface area (Å²) in [7, 11) is 8.51. The number of ether oxygens (including phenoxy) is 4. The number of likely N-dealkylation sites (tertiary alicyclic amines) is 1. The Morgan fingerprint density at radius 1 is 0.756 bits per heavy atom. The number of nitrogens with zero attached hydrogens (tertiary/aromatic N) is 4. The molecule has 475 valence electrons. The van der Waals surface area contributed by atoms with E-state index < -0.39 is 48.3 Å². The maximum atomic E-state index is 14.5. The van der Waals surface area contributed by atoms with E-state index in [1.165, 1.54) is 20.0 Å². The molecule has 0 radical (unpaired) electrons. The van der Waals surface area contributed by atoms with Crippen molar-refractivity contribution in [3.8, 4) is 0 Å². The normalized spacial score (nSPS) is 20.0. The molecule has 0 unspecified atom stereocenters. The van der Waals surface area contributed by atoms with Crippen molar-refractivity contribution in [1.29, 1.82) is 0 Å². The van der Waals surface area contributed by atoms with Crippen LogP contribution in [0.5, 0.6) is 0 Å². The molecule has 2 aliphatic heterocycles. The molecule has 1 saturated carbocycles. The van der Waals surface area contributed by atoms with Crippen LogP contribution >= 0.6 is 19.4 Å². The van der Waals surface area contributed by atoms with E-state index in [2.05, 4.69) is 67.4 Å². The van der Waals surface area contributed by atoms with Gasteiger partial charge in [-0.1, -0.05) is 123 Å². The number of amides is 7. The summed E-state index contributed by atoms with van der Waals surface area (Å²) in [5.74, 6) is -0.761. The van der Waals surface area contributed by atoms with Crippen molar-refractivity contribution in [3.63, 3.8) is 0 Å². The quantitative estimate of drug-likeness (QED) is 0.0363. The standard InChI is InChI=1S/C53H92N9O10.C6H12N2.HI.Pt/c1-13-37(6)47(61(10)52(67)45(35(2)3)59-51(66)46(36(4)5)60(8)9)43(69-11)33-44(63)62-27-17-20-42(62)48(70-12)38(7)49(64)58-41(32-39-18-15-14-16-19-39)50(65)55-25-28-71-30-31-72-29-26-56-53(68)57-34-40-21-23-54-24-22-40;7-3-5-1-2-6(5)4-8;;/h14-16,18-19,35-38,40-43,45-48H,13,17,20-34H2,1-12H3,(H,55,65)(H,58,64)(H,59,66)(H2,56,57,68);5-8H,1-4H2;1H;/q-1;-2;;+1/p-1/t37-,38+,41-,42-,43+,45-,46-,47-,48+;5-,6-;;/m00../s1. The van der Waals surface area contributed by atoms with Crippen LogP contribution in [0.3, 0.4) is 0 Å². The van der Waals surface area contributed by atoms with Crippen LogP contribution in [0.25, 0.3) is 16.8 Å². The molecule has 0 spiro atoms. The number of carbonyl (C=O) groups excluding carboxylic acids is 6. The van der Waals surface area contributed by atoms with Crippen LogP contribution in [0.4, 0.5) is 4.79 Å². The molecule has 2 saturated heterocycles. The molecule has 1 aromatic rings. The van der Waals surface area contributed by atoms with E-state index in [1.54, 1.807) is 30.9 Å². The van der Waals surface area contributed by atoms with Gasteiger partial charge in [0.2, 0.25) is 29.5 Å². The van der Waals surface area contributed by atoms with Gasteiger partial charge in [-0.3, -0.25) is 28.9 Å². The average Bonchev–Trinajstić information content (AvgIpc) is 3.97. The van der Waals surface area contributed by atoms with Crippen molar-refractivity contribution >= 4 is 54.9 Å². The Hall–Kier alpha value is -3.06. The number of hydrogen-bond donors (Lipinski definition) is 5. The van der Waals surface area contributed by atoms with Crippen LogP contribution in [-0.4, -0.2) is 207 Å². The summed E-state index contributed by atoms with van der Waals surface area (Å²) < 4.78 is 23.4. The summed E-state index contributed by atoms with van der Waals surface area (Å²) in [6.45, 7) is 19.3. The number of hydrogen-bond acceptors (Lipinski definition) is 11. The molecule has 11 atom stereocenters. The van der Waals surface area contributed by atoms with E-state index in [1.807, 2.05) is 90.9 Å². The van der Waals surface area contributed by atoms with Crippen LogP contribution in [0.2, 0.25) is 0 Å². The smallest absolute Gasteiger partial charge is 0.0517 e. The summed E-state index contributed by atoms with van der Waals surface area (Å²) in [5.41, 5.74) is 14.9. The Morgan fingerprint density at radius 2 is 1.35 bits per heavy atom. The zero-order chi connectivity index (χ0) is 61.3. The van der Waals surface area contributed by atoms with Gasteiger partial charge in [0.05, 0.1) is 69.1 Å². The minimum atomic E-state index is -0.903. The van der Waals surface area contributed by atoms with Crippen LogP contribution in [-0.2, 0) is 65.5 Å². The number of rotatable bonds is 34. The fourth-order valence-corrected chi connectivity index (χ4v) is 11.2. The second kappa shape index (κ2) is 41.9. The van der Waals surface area contributed by atoms with Gasteiger partial charge in [-0.25, -0.2) is 4.79 Å². The van der Waals surface area contributed by atoms with Gasteiger partial charge in [-0.2, -0.15) is 0 Å². The van der Waals surface area contributed by atoms with E-state index in [0.717, 1.165) is 31.5 Å². The van der Waals surface area contributed by atoms with Crippen LogP contribution in [0.15, 0.2) is 30.3 Å². The van der Waals surface area contributed by atoms with E-state index in [4.69, 9.17) is 30.4 Å². The molecule has 1 aliphatic carbocycles. The number of benzene rings is 1. The fraction of sp³-hybridized carbons (Fsp3) is 0.797. The predicted octanol–water partition coefficient (Wildman–Crippen LogP) is 6.59. The molecule has 1 aromatic carbocycles. The third kappa shape index (κ3) is 25.5. The van der Waals surface area contributed by atoms with E-state index in [9.17, 15) is 28.8 Å². The molecule has 3 fully saturated rings. The largest absolute Gasteiger partial charge is 0.677 e. The molecule has 2 heterocycles. The third-order valence-electron chi connectivity index (χ3n) is 16.4. The first-order chi connectivity index (χ1) is 39.2. The molecule has 7 amide bonds. The fourth-order valence-electron chi connectivity index (χ4n) is 11.2.